The number of rotatable bonds is 6. The average molecular weight is 460 g/mol. The molecular formula is C21H15F3N4O3S. The number of alkyl halides is 3. The number of sulfonamides is 1. The van der Waals surface area contributed by atoms with Gasteiger partial charge in [-0.1, -0.05) is 30.3 Å². The predicted octanol–water partition coefficient (Wildman–Crippen LogP) is 4.55. The molecule has 0 N–H and O–H groups in total. The highest BCUT2D eigenvalue weighted by Crippen LogP contribution is 2.31. The van der Waals surface area contributed by atoms with E-state index in [0.717, 1.165) is 0 Å². The van der Waals surface area contributed by atoms with Gasteiger partial charge in [-0.3, -0.25) is 9.29 Å². The fourth-order valence-electron chi connectivity index (χ4n) is 2.91. The first-order chi connectivity index (χ1) is 15.2. The first-order valence-corrected chi connectivity index (χ1v) is 10.7. The zero-order valence-electron chi connectivity index (χ0n) is 16.3. The van der Waals surface area contributed by atoms with Crippen LogP contribution in [0.5, 0.6) is 0 Å². The molecule has 0 atom stereocenters. The van der Waals surface area contributed by atoms with Gasteiger partial charge in [0.15, 0.2) is 0 Å². The second-order valence-corrected chi connectivity index (χ2v) is 8.51. The van der Waals surface area contributed by atoms with Crippen molar-refractivity contribution in [1.82, 2.24) is 15.2 Å². The van der Waals surface area contributed by atoms with Crippen LogP contribution in [0.25, 0.3) is 11.5 Å². The van der Waals surface area contributed by atoms with Crippen LogP contribution >= 0.6 is 0 Å². The summed E-state index contributed by atoms with van der Waals surface area (Å²) >= 11 is 0. The molecule has 2 aromatic carbocycles. The van der Waals surface area contributed by atoms with E-state index in [0.29, 0.717) is 11.3 Å². The lowest BCUT2D eigenvalue weighted by Gasteiger charge is -2.24. The molecule has 4 aromatic rings. The maximum Gasteiger partial charge on any atom is 0.470 e. The summed E-state index contributed by atoms with van der Waals surface area (Å²) in [5, 5.41) is 6.43. The van der Waals surface area contributed by atoms with E-state index in [9.17, 15) is 21.6 Å². The second-order valence-electron chi connectivity index (χ2n) is 6.64. The molecule has 0 aliphatic rings. The summed E-state index contributed by atoms with van der Waals surface area (Å²) < 4.78 is 70.5. The number of hydrogen-bond donors (Lipinski definition) is 0. The van der Waals surface area contributed by atoms with E-state index in [2.05, 4.69) is 19.6 Å². The van der Waals surface area contributed by atoms with E-state index < -0.39 is 22.1 Å². The van der Waals surface area contributed by atoms with Crippen molar-refractivity contribution in [2.75, 3.05) is 4.31 Å². The van der Waals surface area contributed by atoms with Crippen LogP contribution in [0.4, 0.5) is 18.9 Å². The summed E-state index contributed by atoms with van der Waals surface area (Å²) in [5.41, 5.74) is 1.32. The fourth-order valence-corrected chi connectivity index (χ4v) is 4.33. The number of halogens is 3. The van der Waals surface area contributed by atoms with E-state index in [4.69, 9.17) is 0 Å². The van der Waals surface area contributed by atoms with E-state index >= 15 is 0 Å². The minimum Gasteiger partial charge on any atom is -0.413 e. The Morgan fingerprint density at radius 3 is 2.22 bits per heavy atom. The van der Waals surface area contributed by atoms with E-state index in [1.807, 2.05) is 0 Å². The molecular weight excluding hydrogens is 445 g/mol. The first kappa shape index (κ1) is 21.5. The van der Waals surface area contributed by atoms with Crippen LogP contribution < -0.4 is 4.31 Å². The Balaban J connectivity index is 1.64. The maximum atomic E-state index is 13.3. The van der Waals surface area contributed by atoms with Crippen LogP contribution in [0.1, 0.15) is 11.5 Å². The molecule has 11 heteroatoms. The molecule has 32 heavy (non-hydrogen) atoms. The summed E-state index contributed by atoms with van der Waals surface area (Å²) in [6.07, 6.45) is -1.99. The Morgan fingerprint density at radius 2 is 1.62 bits per heavy atom. The zero-order valence-corrected chi connectivity index (χ0v) is 17.1. The number of nitrogens with zero attached hydrogens (tertiary/aromatic N) is 4. The molecule has 0 aliphatic carbocycles. The van der Waals surface area contributed by atoms with E-state index in [1.54, 1.807) is 42.5 Å². The van der Waals surface area contributed by atoms with Gasteiger partial charge < -0.3 is 4.42 Å². The molecule has 2 heterocycles. The van der Waals surface area contributed by atoms with Crippen molar-refractivity contribution < 1.29 is 26.0 Å². The minimum atomic E-state index is -4.73. The molecule has 4 rings (SSSR count). The highest BCUT2D eigenvalue weighted by molar-refractivity contribution is 7.92. The SMILES string of the molecule is O=S(=O)(c1cccnc1)N(Cc1ccc(-c2nnc(C(F)(F)F)o2)cc1)c1ccccc1. The van der Waals surface area contributed by atoms with Crippen LogP contribution in [0.2, 0.25) is 0 Å². The number of para-hydroxylation sites is 1. The van der Waals surface area contributed by atoms with Crippen molar-refractivity contribution >= 4 is 15.7 Å². The lowest BCUT2D eigenvalue weighted by atomic mass is 10.1. The summed E-state index contributed by atoms with van der Waals surface area (Å²) in [5.74, 6) is -1.72. The highest BCUT2D eigenvalue weighted by Gasteiger charge is 2.38. The third-order valence-corrected chi connectivity index (χ3v) is 6.22. The second kappa shape index (κ2) is 8.42. The third kappa shape index (κ3) is 4.47. The molecule has 0 amide bonds. The number of aromatic nitrogens is 3. The number of hydrogen-bond acceptors (Lipinski definition) is 6. The van der Waals surface area contributed by atoms with Gasteiger partial charge in [-0.2, -0.15) is 13.2 Å². The molecule has 0 saturated carbocycles. The first-order valence-electron chi connectivity index (χ1n) is 9.23. The van der Waals surface area contributed by atoms with Crippen molar-refractivity contribution in [1.29, 1.82) is 0 Å². The van der Waals surface area contributed by atoms with Crippen LogP contribution in [0, 0.1) is 0 Å². The molecule has 2 aromatic heterocycles. The van der Waals surface area contributed by atoms with Crippen LogP contribution in [-0.4, -0.2) is 23.6 Å². The van der Waals surface area contributed by atoms with Gasteiger partial charge in [-0.25, -0.2) is 8.42 Å². The lowest BCUT2D eigenvalue weighted by Crippen LogP contribution is -2.30. The fraction of sp³-hybridized carbons (Fsp3) is 0.0952. The van der Waals surface area contributed by atoms with Crippen molar-refractivity contribution in [3.63, 3.8) is 0 Å². The number of benzene rings is 2. The normalized spacial score (nSPS) is 12.0. The van der Waals surface area contributed by atoms with Gasteiger partial charge in [0, 0.05) is 18.0 Å². The smallest absolute Gasteiger partial charge is 0.413 e. The Labute approximate surface area is 181 Å². The van der Waals surface area contributed by atoms with Crippen LogP contribution in [0.15, 0.2) is 88.4 Å². The monoisotopic (exact) mass is 460 g/mol. The van der Waals surface area contributed by atoms with Crippen molar-refractivity contribution in [3.05, 3.63) is 90.6 Å². The lowest BCUT2D eigenvalue weighted by molar-refractivity contribution is -0.156. The molecule has 0 radical (unpaired) electrons. The average Bonchev–Trinajstić information content (AvgIpc) is 3.30. The van der Waals surface area contributed by atoms with Gasteiger partial charge in [-0.05, 0) is 42.0 Å². The topological polar surface area (TPSA) is 89.2 Å². The summed E-state index contributed by atoms with van der Waals surface area (Å²) in [6.45, 7) is -0.0147. The van der Waals surface area contributed by atoms with E-state index in [1.165, 1.54) is 41.0 Å². The molecule has 164 valence electrons. The molecule has 0 unspecified atom stereocenters. The molecule has 0 spiro atoms. The summed E-state index contributed by atoms with van der Waals surface area (Å²) in [6, 6.07) is 17.7. The largest absolute Gasteiger partial charge is 0.470 e. The number of pyridine rings is 1. The minimum absolute atomic E-state index is 0.0147. The Morgan fingerprint density at radius 1 is 0.906 bits per heavy atom. The quantitative estimate of drug-likeness (QED) is 0.420. The molecule has 0 saturated heterocycles. The van der Waals surface area contributed by atoms with Crippen molar-refractivity contribution in [2.24, 2.45) is 0 Å². The molecule has 0 bridgehead atoms. The van der Waals surface area contributed by atoms with Gasteiger partial charge in [0.25, 0.3) is 10.0 Å². The zero-order chi connectivity index (χ0) is 22.8. The molecule has 0 fully saturated rings. The Kier molecular flexibility index (Phi) is 5.66. The van der Waals surface area contributed by atoms with Crippen molar-refractivity contribution in [2.45, 2.75) is 17.6 Å². The summed E-state index contributed by atoms with van der Waals surface area (Å²) in [7, 11) is -3.92. The summed E-state index contributed by atoms with van der Waals surface area (Å²) in [4.78, 5) is 3.92. The Hall–Kier alpha value is -3.73. The van der Waals surface area contributed by atoms with Crippen molar-refractivity contribution in [3.8, 4) is 11.5 Å². The van der Waals surface area contributed by atoms with Gasteiger partial charge >= 0.3 is 12.1 Å². The van der Waals surface area contributed by atoms with Gasteiger partial charge in [-0.15, -0.1) is 10.2 Å². The van der Waals surface area contributed by atoms with Gasteiger partial charge in [0.2, 0.25) is 5.89 Å². The standard InChI is InChI=1S/C21H15F3N4O3S/c22-21(23,24)20-27-26-19(31-20)16-10-8-15(9-11-16)14-28(17-5-2-1-3-6-17)32(29,30)18-7-4-12-25-13-18/h1-13H,14H2. The maximum absolute atomic E-state index is 13.3. The van der Waals surface area contributed by atoms with Crippen LogP contribution in [0.3, 0.4) is 0 Å². The van der Waals surface area contributed by atoms with Gasteiger partial charge in [0.05, 0.1) is 12.2 Å². The van der Waals surface area contributed by atoms with E-state index in [-0.39, 0.29) is 22.9 Å². The number of anilines is 1. The molecule has 7 nitrogen and oxygen atoms in total. The molecule has 0 aliphatic heterocycles. The van der Waals surface area contributed by atoms with Gasteiger partial charge in [0.1, 0.15) is 4.90 Å². The van der Waals surface area contributed by atoms with Crippen LogP contribution in [-0.2, 0) is 22.7 Å². The predicted molar refractivity (Wildman–Crippen MR) is 109 cm³/mol. The Bertz CT molecular complexity index is 1290. The third-order valence-electron chi connectivity index (χ3n) is 4.46. The highest BCUT2D eigenvalue weighted by atomic mass is 32.2.